The van der Waals surface area contributed by atoms with Gasteiger partial charge in [0.1, 0.15) is 12.4 Å². The maximum absolute atomic E-state index is 5.95. The summed E-state index contributed by atoms with van der Waals surface area (Å²) in [6.45, 7) is 4.68. The molecule has 4 nitrogen and oxygen atoms in total. The third kappa shape index (κ3) is 6.57. The van der Waals surface area contributed by atoms with Crippen LogP contribution in [0, 0.1) is 0 Å². The highest BCUT2D eigenvalue weighted by Gasteiger charge is 2.02. The second kappa shape index (κ2) is 9.78. The molecule has 0 bridgehead atoms. The van der Waals surface area contributed by atoms with Crippen LogP contribution >= 0.6 is 0 Å². The van der Waals surface area contributed by atoms with Gasteiger partial charge in [0.2, 0.25) is 0 Å². The molecule has 0 aromatic heterocycles. The van der Waals surface area contributed by atoms with Crippen LogP contribution in [0.15, 0.2) is 24.3 Å². The molecule has 1 atom stereocenters. The lowest BCUT2D eigenvalue weighted by Crippen LogP contribution is -2.10. The van der Waals surface area contributed by atoms with Crippen LogP contribution in [0.25, 0.3) is 0 Å². The van der Waals surface area contributed by atoms with E-state index in [4.69, 9.17) is 19.9 Å². The molecule has 0 heterocycles. The van der Waals surface area contributed by atoms with E-state index in [0.717, 1.165) is 30.8 Å². The van der Waals surface area contributed by atoms with E-state index in [0.29, 0.717) is 19.8 Å². The number of rotatable bonds is 10. The lowest BCUT2D eigenvalue weighted by atomic mass is 10.1. The van der Waals surface area contributed by atoms with Crippen molar-refractivity contribution in [3.63, 3.8) is 0 Å². The van der Waals surface area contributed by atoms with Gasteiger partial charge < -0.3 is 19.9 Å². The van der Waals surface area contributed by atoms with Crippen LogP contribution in [0.4, 0.5) is 0 Å². The van der Waals surface area contributed by atoms with Gasteiger partial charge in [0.05, 0.1) is 6.61 Å². The monoisotopic (exact) mass is 267 g/mol. The molecule has 0 amide bonds. The van der Waals surface area contributed by atoms with Crippen LogP contribution in [0.2, 0.25) is 0 Å². The molecule has 2 N–H and O–H groups in total. The van der Waals surface area contributed by atoms with Gasteiger partial charge in [0.25, 0.3) is 0 Å². The predicted octanol–water partition coefficient (Wildman–Crippen LogP) is 2.53. The van der Waals surface area contributed by atoms with E-state index >= 15 is 0 Å². The Hall–Kier alpha value is -1.10. The molecule has 108 valence electrons. The lowest BCUT2D eigenvalue weighted by molar-refractivity contribution is 0.0806. The maximum atomic E-state index is 5.95. The second-order valence-corrected chi connectivity index (χ2v) is 4.39. The molecule has 0 aliphatic rings. The van der Waals surface area contributed by atoms with Gasteiger partial charge in [-0.3, -0.25) is 0 Å². The molecular weight excluding hydrogens is 242 g/mol. The Labute approximate surface area is 115 Å². The van der Waals surface area contributed by atoms with Gasteiger partial charge in [-0.15, -0.1) is 0 Å². The molecule has 0 spiro atoms. The van der Waals surface area contributed by atoms with Crippen molar-refractivity contribution in [3.8, 4) is 5.75 Å². The summed E-state index contributed by atoms with van der Waals surface area (Å²) in [7, 11) is 1.69. The van der Waals surface area contributed by atoms with Gasteiger partial charge in [-0.05, 0) is 30.5 Å². The number of nitrogens with two attached hydrogens (primary N) is 1. The Morgan fingerprint density at radius 3 is 2.42 bits per heavy atom. The Kier molecular flexibility index (Phi) is 8.21. The zero-order valence-corrected chi connectivity index (χ0v) is 11.9. The quantitative estimate of drug-likeness (QED) is 0.662. The first kappa shape index (κ1) is 16.0. The molecular formula is C15H25NO3. The first-order valence-corrected chi connectivity index (χ1v) is 6.83. The normalized spacial score (nSPS) is 12.4. The molecule has 0 aliphatic heterocycles. The lowest BCUT2D eigenvalue weighted by Gasteiger charge is -2.11. The van der Waals surface area contributed by atoms with Crippen LogP contribution in [-0.4, -0.2) is 33.5 Å². The minimum Gasteiger partial charge on any atom is -0.491 e. The van der Waals surface area contributed by atoms with Gasteiger partial charge in [-0.1, -0.05) is 19.1 Å². The molecule has 4 heteroatoms. The second-order valence-electron chi connectivity index (χ2n) is 4.39. The number of benzene rings is 1. The first-order valence-electron chi connectivity index (χ1n) is 6.83. The van der Waals surface area contributed by atoms with Gasteiger partial charge in [0.15, 0.2) is 0 Å². The zero-order chi connectivity index (χ0) is 13.9. The van der Waals surface area contributed by atoms with Gasteiger partial charge in [0, 0.05) is 26.4 Å². The Morgan fingerprint density at radius 2 is 1.79 bits per heavy atom. The van der Waals surface area contributed by atoms with Gasteiger partial charge in [-0.25, -0.2) is 0 Å². The fourth-order valence-electron chi connectivity index (χ4n) is 1.67. The molecule has 0 saturated heterocycles. The maximum Gasteiger partial charge on any atom is 0.119 e. The number of methoxy groups -OCH3 is 1. The summed E-state index contributed by atoms with van der Waals surface area (Å²) in [5.41, 5.74) is 7.10. The van der Waals surface area contributed by atoms with Crippen molar-refractivity contribution in [3.05, 3.63) is 29.8 Å². The van der Waals surface area contributed by atoms with Crippen molar-refractivity contribution >= 4 is 0 Å². The summed E-state index contributed by atoms with van der Waals surface area (Å²) in [5.74, 6) is 0.854. The van der Waals surface area contributed by atoms with Crippen LogP contribution in [0.5, 0.6) is 5.75 Å². The van der Waals surface area contributed by atoms with E-state index < -0.39 is 0 Å². The molecule has 0 fully saturated rings. The zero-order valence-electron chi connectivity index (χ0n) is 11.9. The van der Waals surface area contributed by atoms with Gasteiger partial charge >= 0.3 is 0 Å². The van der Waals surface area contributed by atoms with Crippen LogP contribution < -0.4 is 10.5 Å². The van der Waals surface area contributed by atoms with E-state index in [1.54, 1.807) is 7.11 Å². The summed E-state index contributed by atoms with van der Waals surface area (Å²) in [5, 5.41) is 0. The van der Waals surface area contributed by atoms with Crippen molar-refractivity contribution in [2.24, 2.45) is 5.73 Å². The van der Waals surface area contributed by atoms with Crippen molar-refractivity contribution in [2.45, 2.75) is 25.8 Å². The highest BCUT2D eigenvalue weighted by molar-refractivity contribution is 5.28. The Balaban J connectivity index is 2.16. The molecule has 19 heavy (non-hydrogen) atoms. The molecule has 0 saturated carbocycles. The first-order chi connectivity index (χ1) is 9.27. The fourth-order valence-corrected chi connectivity index (χ4v) is 1.67. The Bertz CT molecular complexity index is 327. The summed E-state index contributed by atoms with van der Waals surface area (Å²) < 4.78 is 15.9. The number of hydrogen-bond acceptors (Lipinski definition) is 4. The van der Waals surface area contributed by atoms with E-state index in [1.165, 1.54) is 0 Å². The number of hydrogen-bond donors (Lipinski definition) is 1. The summed E-state index contributed by atoms with van der Waals surface area (Å²) in [6.07, 6.45) is 1.86. The van der Waals surface area contributed by atoms with Crippen molar-refractivity contribution < 1.29 is 14.2 Å². The van der Waals surface area contributed by atoms with Crippen LogP contribution in [0.1, 0.15) is 31.4 Å². The van der Waals surface area contributed by atoms with E-state index in [1.807, 2.05) is 24.3 Å². The van der Waals surface area contributed by atoms with Crippen molar-refractivity contribution in [2.75, 3.05) is 33.5 Å². The molecule has 0 aliphatic carbocycles. The topological polar surface area (TPSA) is 53.7 Å². The third-order valence-electron chi connectivity index (χ3n) is 2.88. The van der Waals surface area contributed by atoms with E-state index in [-0.39, 0.29) is 6.04 Å². The largest absolute Gasteiger partial charge is 0.491 e. The highest BCUT2D eigenvalue weighted by Crippen LogP contribution is 2.18. The van der Waals surface area contributed by atoms with Gasteiger partial charge in [-0.2, -0.15) is 0 Å². The molecule has 1 rings (SSSR count). The predicted molar refractivity (Wildman–Crippen MR) is 76.5 cm³/mol. The van der Waals surface area contributed by atoms with E-state index in [9.17, 15) is 0 Å². The summed E-state index contributed by atoms with van der Waals surface area (Å²) in [4.78, 5) is 0. The summed E-state index contributed by atoms with van der Waals surface area (Å²) in [6, 6.07) is 8.05. The van der Waals surface area contributed by atoms with Crippen molar-refractivity contribution in [1.82, 2.24) is 0 Å². The minimum atomic E-state index is 0.109. The third-order valence-corrected chi connectivity index (χ3v) is 2.88. The van der Waals surface area contributed by atoms with Crippen LogP contribution in [-0.2, 0) is 9.47 Å². The average Bonchev–Trinajstić information content (AvgIpc) is 2.46. The molecule has 0 unspecified atom stereocenters. The standard InChI is InChI=1S/C15H25NO3/c1-3-15(16)13-5-7-14(8-6-13)19-12-11-18-10-4-9-17-2/h5-8,15H,3-4,9-12,16H2,1-2H3/t15-/m1/s1. The molecule has 0 radical (unpaired) electrons. The SMILES string of the molecule is CC[C@@H](N)c1ccc(OCCOCCCOC)cc1. The van der Waals surface area contributed by atoms with Crippen LogP contribution in [0.3, 0.4) is 0 Å². The highest BCUT2D eigenvalue weighted by atomic mass is 16.5. The Morgan fingerprint density at radius 1 is 1.05 bits per heavy atom. The van der Waals surface area contributed by atoms with Crippen molar-refractivity contribution in [1.29, 1.82) is 0 Å². The minimum absolute atomic E-state index is 0.109. The smallest absolute Gasteiger partial charge is 0.119 e. The average molecular weight is 267 g/mol. The van der Waals surface area contributed by atoms with E-state index in [2.05, 4.69) is 6.92 Å². The number of ether oxygens (including phenoxy) is 3. The summed E-state index contributed by atoms with van der Waals surface area (Å²) >= 11 is 0. The fraction of sp³-hybridized carbons (Fsp3) is 0.600. The molecule has 1 aromatic rings. The molecule has 1 aromatic carbocycles.